The lowest BCUT2D eigenvalue weighted by molar-refractivity contribution is -0.137. The fourth-order valence-electron chi connectivity index (χ4n) is 1.73. The highest BCUT2D eigenvalue weighted by Gasteiger charge is 2.32. The maximum Gasteiger partial charge on any atom is 0.416 e. The number of nitrogens with one attached hydrogen (secondary N) is 2. The molecule has 0 saturated carbocycles. The molecule has 0 radical (unpaired) electrons. The monoisotopic (exact) mass is 302 g/mol. The summed E-state index contributed by atoms with van der Waals surface area (Å²) in [6, 6.07) is 3.17. The zero-order valence-corrected chi connectivity index (χ0v) is 12.7. The molecule has 0 heterocycles. The van der Waals surface area contributed by atoms with Gasteiger partial charge in [-0.05, 0) is 45.4 Å². The molecule has 1 aromatic carbocycles. The van der Waals surface area contributed by atoms with E-state index in [9.17, 15) is 18.0 Å². The van der Waals surface area contributed by atoms with Crippen molar-refractivity contribution in [1.82, 2.24) is 5.32 Å². The van der Waals surface area contributed by atoms with Crippen LogP contribution in [-0.2, 0) is 6.18 Å². The summed E-state index contributed by atoms with van der Waals surface area (Å²) in [7, 11) is 0. The maximum absolute atomic E-state index is 12.8. The van der Waals surface area contributed by atoms with Gasteiger partial charge in [-0.1, -0.05) is 6.92 Å². The van der Waals surface area contributed by atoms with E-state index >= 15 is 0 Å². The largest absolute Gasteiger partial charge is 0.416 e. The first-order valence-electron chi connectivity index (χ1n) is 6.82. The number of hydrogen-bond acceptors (Lipinski definition) is 2. The number of carbonyl (C=O) groups is 1. The molecule has 0 spiro atoms. The van der Waals surface area contributed by atoms with Crippen LogP contribution in [0.3, 0.4) is 0 Å². The van der Waals surface area contributed by atoms with E-state index in [0.717, 1.165) is 18.6 Å². The molecule has 118 valence electrons. The molecule has 3 nitrogen and oxygen atoms in total. The molecule has 0 aliphatic carbocycles. The van der Waals surface area contributed by atoms with E-state index in [1.54, 1.807) is 20.8 Å². The van der Waals surface area contributed by atoms with E-state index in [1.165, 1.54) is 6.07 Å². The molecule has 0 aromatic heterocycles. The molecular formula is C15H21F3N2O. The van der Waals surface area contributed by atoms with Gasteiger partial charge in [0.05, 0.1) is 11.1 Å². The second-order valence-electron chi connectivity index (χ2n) is 5.89. The van der Waals surface area contributed by atoms with Crippen molar-refractivity contribution in [3.05, 3.63) is 29.3 Å². The Morgan fingerprint density at radius 2 is 1.81 bits per heavy atom. The number of amides is 1. The van der Waals surface area contributed by atoms with Crippen LogP contribution in [0.1, 0.15) is 50.0 Å². The van der Waals surface area contributed by atoms with Crippen molar-refractivity contribution in [2.45, 2.75) is 45.8 Å². The van der Waals surface area contributed by atoms with Gasteiger partial charge in [0.1, 0.15) is 0 Å². The van der Waals surface area contributed by atoms with Gasteiger partial charge in [0, 0.05) is 17.8 Å². The molecule has 6 heteroatoms. The third-order valence-corrected chi connectivity index (χ3v) is 2.65. The minimum atomic E-state index is -4.47. The van der Waals surface area contributed by atoms with Crippen LogP contribution in [0.2, 0.25) is 0 Å². The van der Waals surface area contributed by atoms with Crippen molar-refractivity contribution >= 4 is 11.6 Å². The van der Waals surface area contributed by atoms with Crippen LogP contribution in [0.25, 0.3) is 0 Å². The quantitative estimate of drug-likeness (QED) is 0.880. The van der Waals surface area contributed by atoms with Crippen LogP contribution in [0.15, 0.2) is 18.2 Å². The summed E-state index contributed by atoms with van der Waals surface area (Å²) in [5, 5.41) is 5.66. The lowest BCUT2D eigenvalue weighted by Crippen LogP contribution is -2.41. The van der Waals surface area contributed by atoms with Crippen molar-refractivity contribution in [3.8, 4) is 0 Å². The van der Waals surface area contributed by atoms with E-state index in [1.807, 2.05) is 6.92 Å². The van der Waals surface area contributed by atoms with Crippen molar-refractivity contribution in [2.24, 2.45) is 0 Å². The Morgan fingerprint density at radius 3 is 2.29 bits per heavy atom. The highest BCUT2D eigenvalue weighted by Crippen LogP contribution is 2.32. The van der Waals surface area contributed by atoms with Gasteiger partial charge in [0.2, 0.25) is 0 Å². The van der Waals surface area contributed by atoms with E-state index in [2.05, 4.69) is 10.6 Å². The number of halogens is 3. The molecule has 0 atom stereocenters. The SMILES string of the molecule is CCCNc1ccc(C(F)(F)F)cc1C(=O)NC(C)(C)C. The Labute approximate surface area is 122 Å². The van der Waals surface area contributed by atoms with Crippen LogP contribution in [0.4, 0.5) is 18.9 Å². The molecule has 1 amide bonds. The molecule has 0 saturated heterocycles. The fourth-order valence-corrected chi connectivity index (χ4v) is 1.73. The summed E-state index contributed by atoms with van der Waals surface area (Å²) in [6.45, 7) is 7.85. The average Bonchev–Trinajstić information content (AvgIpc) is 2.32. The molecule has 0 aliphatic rings. The van der Waals surface area contributed by atoms with Crippen LogP contribution >= 0.6 is 0 Å². The predicted octanol–water partition coefficient (Wildman–Crippen LogP) is 4.06. The molecule has 0 unspecified atom stereocenters. The van der Waals surface area contributed by atoms with Gasteiger partial charge in [0.15, 0.2) is 0 Å². The van der Waals surface area contributed by atoms with Crippen LogP contribution in [0, 0.1) is 0 Å². The van der Waals surface area contributed by atoms with Crippen LogP contribution in [-0.4, -0.2) is 18.0 Å². The first kappa shape index (κ1) is 17.3. The third kappa shape index (κ3) is 5.28. The summed E-state index contributed by atoms with van der Waals surface area (Å²) < 4.78 is 38.4. The van der Waals surface area contributed by atoms with E-state index in [0.29, 0.717) is 12.2 Å². The number of rotatable bonds is 4. The maximum atomic E-state index is 12.8. The number of hydrogen-bond donors (Lipinski definition) is 2. The summed E-state index contributed by atoms with van der Waals surface area (Å²) in [5.74, 6) is -0.521. The molecule has 1 aromatic rings. The molecule has 2 N–H and O–H groups in total. The number of alkyl halides is 3. The Hall–Kier alpha value is -1.72. The summed E-state index contributed by atoms with van der Waals surface area (Å²) in [4.78, 5) is 12.2. The fraction of sp³-hybridized carbons (Fsp3) is 0.533. The molecule has 0 bridgehead atoms. The van der Waals surface area contributed by atoms with Crippen LogP contribution in [0.5, 0.6) is 0 Å². The topological polar surface area (TPSA) is 41.1 Å². The molecule has 0 aliphatic heterocycles. The lowest BCUT2D eigenvalue weighted by atomic mass is 10.0. The summed E-state index contributed by atoms with van der Waals surface area (Å²) in [5.41, 5.74) is -0.934. The summed E-state index contributed by atoms with van der Waals surface area (Å²) >= 11 is 0. The standard InChI is InChI=1S/C15H21F3N2O/c1-5-8-19-12-7-6-10(15(16,17)18)9-11(12)13(21)20-14(2,3)4/h6-7,9,19H,5,8H2,1-4H3,(H,20,21). The Bertz CT molecular complexity index is 505. The van der Waals surface area contributed by atoms with E-state index < -0.39 is 23.2 Å². The number of anilines is 1. The van der Waals surface area contributed by atoms with Gasteiger partial charge in [-0.15, -0.1) is 0 Å². The average molecular weight is 302 g/mol. The first-order chi connectivity index (χ1) is 9.54. The molecule has 1 rings (SSSR count). The van der Waals surface area contributed by atoms with Gasteiger partial charge in [-0.3, -0.25) is 4.79 Å². The van der Waals surface area contributed by atoms with Crippen molar-refractivity contribution < 1.29 is 18.0 Å². The normalized spacial score (nSPS) is 12.1. The lowest BCUT2D eigenvalue weighted by Gasteiger charge is -2.22. The number of carbonyl (C=O) groups excluding carboxylic acids is 1. The zero-order chi connectivity index (χ0) is 16.3. The second-order valence-corrected chi connectivity index (χ2v) is 5.89. The number of benzene rings is 1. The van der Waals surface area contributed by atoms with Gasteiger partial charge in [0.25, 0.3) is 5.91 Å². The first-order valence-corrected chi connectivity index (χ1v) is 6.82. The molecule has 21 heavy (non-hydrogen) atoms. The van der Waals surface area contributed by atoms with E-state index in [4.69, 9.17) is 0 Å². The smallest absolute Gasteiger partial charge is 0.384 e. The Morgan fingerprint density at radius 1 is 1.19 bits per heavy atom. The van der Waals surface area contributed by atoms with Crippen molar-refractivity contribution in [1.29, 1.82) is 0 Å². The van der Waals surface area contributed by atoms with Gasteiger partial charge >= 0.3 is 6.18 Å². The third-order valence-electron chi connectivity index (χ3n) is 2.65. The van der Waals surface area contributed by atoms with Crippen molar-refractivity contribution in [3.63, 3.8) is 0 Å². The zero-order valence-electron chi connectivity index (χ0n) is 12.7. The van der Waals surface area contributed by atoms with Gasteiger partial charge in [-0.25, -0.2) is 0 Å². The van der Waals surface area contributed by atoms with E-state index in [-0.39, 0.29) is 5.56 Å². The Balaban J connectivity index is 3.19. The van der Waals surface area contributed by atoms with Crippen molar-refractivity contribution in [2.75, 3.05) is 11.9 Å². The minimum absolute atomic E-state index is 0.00759. The minimum Gasteiger partial charge on any atom is -0.384 e. The highest BCUT2D eigenvalue weighted by atomic mass is 19.4. The highest BCUT2D eigenvalue weighted by molar-refractivity contribution is 6.00. The molecule has 0 fully saturated rings. The van der Waals surface area contributed by atoms with Crippen LogP contribution < -0.4 is 10.6 Å². The predicted molar refractivity (Wildman–Crippen MR) is 77.4 cm³/mol. The Kier molecular flexibility index (Phi) is 5.25. The molecular weight excluding hydrogens is 281 g/mol. The summed E-state index contributed by atoms with van der Waals surface area (Å²) in [6.07, 6.45) is -3.67. The van der Waals surface area contributed by atoms with Gasteiger partial charge in [-0.2, -0.15) is 13.2 Å². The second kappa shape index (κ2) is 6.37. The van der Waals surface area contributed by atoms with Gasteiger partial charge < -0.3 is 10.6 Å².